The van der Waals surface area contributed by atoms with Crippen LogP contribution >= 0.6 is 23.2 Å². The second-order valence-electron chi connectivity index (χ2n) is 8.13. The Kier molecular flexibility index (Phi) is 5.96. The second kappa shape index (κ2) is 8.44. The van der Waals surface area contributed by atoms with Gasteiger partial charge in [0.2, 0.25) is 0 Å². The SMILES string of the molecule is O=C(NC1CCC12CCN(CCc1ccccc1)CC2)c1ccc(Cl)c(Cl)c1. The van der Waals surface area contributed by atoms with Gasteiger partial charge in [-0.05, 0) is 74.4 Å². The molecule has 5 heteroatoms. The van der Waals surface area contributed by atoms with E-state index in [9.17, 15) is 4.79 Å². The normalized spacial score (nSPS) is 21.3. The van der Waals surface area contributed by atoms with Gasteiger partial charge in [-0.25, -0.2) is 0 Å². The lowest BCUT2D eigenvalue weighted by molar-refractivity contribution is -0.00472. The Morgan fingerprint density at radius 2 is 1.79 bits per heavy atom. The van der Waals surface area contributed by atoms with Crippen LogP contribution < -0.4 is 5.32 Å². The van der Waals surface area contributed by atoms with Gasteiger partial charge in [-0.3, -0.25) is 4.79 Å². The van der Waals surface area contributed by atoms with Crippen LogP contribution in [0.2, 0.25) is 10.0 Å². The van der Waals surface area contributed by atoms with E-state index in [2.05, 4.69) is 40.5 Å². The molecule has 1 aliphatic carbocycles. The van der Waals surface area contributed by atoms with Crippen molar-refractivity contribution in [1.29, 1.82) is 0 Å². The van der Waals surface area contributed by atoms with Gasteiger partial charge >= 0.3 is 0 Å². The van der Waals surface area contributed by atoms with Gasteiger partial charge in [0.15, 0.2) is 0 Å². The van der Waals surface area contributed by atoms with Crippen LogP contribution in [0.4, 0.5) is 0 Å². The van der Waals surface area contributed by atoms with Crippen molar-refractivity contribution < 1.29 is 4.79 Å². The molecule has 1 heterocycles. The van der Waals surface area contributed by atoms with Gasteiger partial charge in [-0.2, -0.15) is 0 Å². The summed E-state index contributed by atoms with van der Waals surface area (Å²) < 4.78 is 0. The number of piperidine rings is 1. The number of likely N-dealkylation sites (tertiary alicyclic amines) is 1. The number of rotatable bonds is 5. The van der Waals surface area contributed by atoms with Crippen LogP contribution in [0.5, 0.6) is 0 Å². The van der Waals surface area contributed by atoms with Crippen LogP contribution in [0, 0.1) is 5.41 Å². The summed E-state index contributed by atoms with van der Waals surface area (Å²) in [6, 6.07) is 16.0. The predicted octanol–water partition coefficient (Wildman–Crippen LogP) is 5.21. The lowest BCUT2D eigenvalue weighted by Crippen LogP contribution is -2.59. The number of carbonyl (C=O) groups is 1. The van der Waals surface area contributed by atoms with Crippen LogP contribution in [0.1, 0.15) is 41.6 Å². The Morgan fingerprint density at radius 1 is 1.04 bits per heavy atom. The zero-order chi connectivity index (χ0) is 19.6. The molecule has 1 amide bonds. The molecule has 1 N–H and O–H groups in total. The first-order valence-corrected chi connectivity index (χ1v) is 10.8. The highest BCUT2D eigenvalue weighted by molar-refractivity contribution is 6.42. The predicted molar refractivity (Wildman–Crippen MR) is 115 cm³/mol. The van der Waals surface area contributed by atoms with E-state index in [4.69, 9.17) is 23.2 Å². The molecule has 28 heavy (non-hydrogen) atoms. The second-order valence-corrected chi connectivity index (χ2v) is 8.95. The first-order valence-electron chi connectivity index (χ1n) is 10.1. The monoisotopic (exact) mass is 416 g/mol. The highest BCUT2D eigenvalue weighted by Gasteiger charge is 2.48. The number of benzene rings is 2. The maximum atomic E-state index is 12.6. The molecule has 4 rings (SSSR count). The maximum Gasteiger partial charge on any atom is 0.251 e. The van der Waals surface area contributed by atoms with Crippen molar-refractivity contribution in [3.05, 3.63) is 69.7 Å². The average Bonchev–Trinajstić information content (AvgIpc) is 2.72. The van der Waals surface area contributed by atoms with Gasteiger partial charge in [-0.15, -0.1) is 0 Å². The van der Waals surface area contributed by atoms with Gasteiger partial charge in [-0.1, -0.05) is 53.5 Å². The van der Waals surface area contributed by atoms with Crippen molar-refractivity contribution >= 4 is 29.1 Å². The van der Waals surface area contributed by atoms with Gasteiger partial charge in [0.25, 0.3) is 5.91 Å². The molecule has 1 unspecified atom stereocenters. The molecule has 1 atom stereocenters. The lowest BCUT2D eigenvalue weighted by atomic mass is 9.59. The standard InChI is InChI=1S/C23H26Cl2N2O/c24-19-7-6-18(16-20(19)25)22(28)26-21-8-10-23(21)11-14-27(15-12-23)13-9-17-4-2-1-3-5-17/h1-7,16,21H,8-15H2,(H,26,28). The van der Waals surface area contributed by atoms with E-state index >= 15 is 0 Å². The van der Waals surface area contributed by atoms with Crippen molar-refractivity contribution in [1.82, 2.24) is 10.2 Å². The molecule has 1 aliphatic heterocycles. The van der Waals surface area contributed by atoms with Crippen LogP contribution in [-0.4, -0.2) is 36.5 Å². The number of hydrogen-bond acceptors (Lipinski definition) is 2. The molecular formula is C23H26Cl2N2O. The molecule has 2 fully saturated rings. The maximum absolute atomic E-state index is 12.6. The largest absolute Gasteiger partial charge is 0.349 e. The highest BCUT2D eigenvalue weighted by atomic mass is 35.5. The zero-order valence-corrected chi connectivity index (χ0v) is 17.5. The summed E-state index contributed by atoms with van der Waals surface area (Å²) in [5.74, 6) is -0.0471. The zero-order valence-electron chi connectivity index (χ0n) is 16.0. The summed E-state index contributed by atoms with van der Waals surface area (Å²) in [7, 11) is 0. The summed E-state index contributed by atoms with van der Waals surface area (Å²) >= 11 is 12.0. The molecule has 148 valence electrons. The third kappa shape index (κ3) is 4.22. The number of nitrogens with one attached hydrogen (secondary N) is 1. The Bertz CT molecular complexity index is 832. The summed E-state index contributed by atoms with van der Waals surface area (Å²) in [4.78, 5) is 15.2. The molecule has 2 aromatic rings. The van der Waals surface area contributed by atoms with Gasteiger partial charge in [0.1, 0.15) is 0 Å². The van der Waals surface area contributed by atoms with Crippen molar-refractivity contribution in [2.45, 2.75) is 38.1 Å². The molecular weight excluding hydrogens is 391 g/mol. The topological polar surface area (TPSA) is 32.3 Å². The molecule has 0 bridgehead atoms. The fraction of sp³-hybridized carbons (Fsp3) is 0.435. The third-order valence-electron chi connectivity index (χ3n) is 6.57. The first-order chi connectivity index (χ1) is 13.6. The van der Waals surface area contributed by atoms with Gasteiger partial charge in [0, 0.05) is 18.2 Å². The number of nitrogens with zero attached hydrogens (tertiary/aromatic N) is 1. The van der Waals surface area contributed by atoms with E-state index in [0.717, 1.165) is 45.3 Å². The summed E-state index contributed by atoms with van der Waals surface area (Å²) in [6.45, 7) is 3.35. The van der Waals surface area contributed by atoms with Crippen molar-refractivity contribution in [3.8, 4) is 0 Å². The Labute approximate surface area is 177 Å². The van der Waals surface area contributed by atoms with Crippen LogP contribution in [-0.2, 0) is 6.42 Å². The summed E-state index contributed by atoms with van der Waals surface area (Å²) in [5, 5.41) is 4.15. The van der Waals surface area contributed by atoms with Crippen LogP contribution in [0.3, 0.4) is 0 Å². The smallest absolute Gasteiger partial charge is 0.251 e. The summed E-state index contributed by atoms with van der Waals surface area (Å²) in [6.07, 6.45) is 5.70. The minimum atomic E-state index is -0.0471. The van der Waals surface area contributed by atoms with Crippen molar-refractivity contribution in [2.24, 2.45) is 5.41 Å². The van der Waals surface area contributed by atoms with E-state index in [-0.39, 0.29) is 17.4 Å². The van der Waals surface area contributed by atoms with Crippen molar-refractivity contribution in [2.75, 3.05) is 19.6 Å². The molecule has 0 radical (unpaired) electrons. The number of hydrogen-bond donors (Lipinski definition) is 1. The number of carbonyl (C=O) groups excluding carboxylic acids is 1. The fourth-order valence-corrected chi connectivity index (χ4v) is 4.85. The lowest BCUT2D eigenvalue weighted by Gasteiger charge is -2.54. The Hall–Kier alpha value is -1.55. The van der Waals surface area contributed by atoms with Gasteiger partial charge in [0.05, 0.1) is 10.0 Å². The van der Waals surface area contributed by atoms with E-state index in [0.29, 0.717) is 15.6 Å². The minimum absolute atomic E-state index is 0.0471. The van der Waals surface area contributed by atoms with Crippen LogP contribution in [0.25, 0.3) is 0 Å². The van der Waals surface area contributed by atoms with Gasteiger partial charge < -0.3 is 10.2 Å². The molecule has 1 saturated carbocycles. The quantitative estimate of drug-likeness (QED) is 0.724. The molecule has 1 saturated heterocycles. The molecule has 1 spiro atoms. The van der Waals surface area contributed by atoms with E-state index in [1.165, 1.54) is 12.0 Å². The number of halogens is 2. The molecule has 2 aromatic carbocycles. The summed E-state index contributed by atoms with van der Waals surface area (Å²) in [5.41, 5.74) is 2.25. The van der Waals surface area contributed by atoms with Crippen molar-refractivity contribution in [3.63, 3.8) is 0 Å². The molecule has 2 aliphatic rings. The fourth-order valence-electron chi connectivity index (χ4n) is 4.55. The minimum Gasteiger partial charge on any atom is -0.349 e. The van der Waals surface area contributed by atoms with Crippen LogP contribution in [0.15, 0.2) is 48.5 Å². The first kappa shape index (κ1) is 19.8. The highest BCUT2D eigenvalue weighted by Crippen LogP contribution is 2.49. The Balaban J connectivity index is 1.29. The molecule has 0 aromatic heterocycles. The number of amides is 1. The van der Waals surface area contributed by atoms with E-state index in [1.54, 1.807) is 18.2 Å². The van der Waals surface area contributed by atoms with E-state index in [1.807, 2.05) is 0 Å². The Morgan fingerprint density at radius 3 is 2.43 bits per heavy atom. The average molecular weight is 417 g/mol. The van der Waals surface area contributed by atoms with E-state index < -0.39 is 0 Å². The third-order valence-corrected chi connectivity index (χ3v) is 7.31. The molecule has 3 nitrogen and oxygen atoms in total.